The van der Waals surface area contributed by atoms with Crippen LogP contribution in [0, 0.1) is 13.8 Å². The fourth-order valence-corrected chi connectivity index (χ4v) is 3.51. The Kier molecular flexibility index (Phi) is 2.56. The smallest absolute Gasteiger partial charge is 0.157 e. The summed E-state index contributed by atoms with van der Waals surface area (Å²) in [6.07, 6.45) is 9.24. The number of nitrogens with zero attached hydrogens (tertiary/aromatic N) is 5. The van der Waals surface area contributed by atoms with E-state index in [4.69, 9.17) is 4.98 Å². The molecule has 0 aliphatic carbocycles. The van der Waals surface area contributed by atoms with E-state index in [0.717, 1.165) is 33.4 Å². The molecule has 0 spiro atoms. The Morgan fingerprint density at radius 1 is 0.917 bits per heavy atom. The first-order chi connectivity index (χ1) is 11.7. The summed E-state index contributed by atoms with van der Waals surface area (Å²) in [7, 11) is 0. The normalized spacial score (nSPS) is 11.8. The minimum atomic E-state index is 0.839. The van der Waals surface area contributed by atoms with Crippen LogP contribution in [0.4, 0.5) is 0 Å². The van der Waals surface area contributed by atoms with Gasteiger partial charge in [0.1, 0.15) is 5.52 Å². The van der Waals surface area contributed by atoms with Crippen LogP contribution in [0.3, 0.4) is 0 Å². The average molecular weight is 313 g/mol. The maximum absolute atomic E-state index is 4.77. The molecule has 5 rings (SSSR count). The summed E-state index contributed by atoms with van der Waals surface area (Å²) < 4.78 is 4.34. The quantitative estimate of drug-likeness (QED) is 0.472. The predicted molar refractivity (Wildman–Crippen MR) is 94.6 cm³/mol. The van der Waals surface area contributed by atoms with Gasteiger partial charge in [0.25, 0.3) is 0 Å². The molecule has 0 saturated heterocycles. The molecule has 0 saturated carbocycles. The summed E-state index contributed by atoms with van der Waals surface area (Å²) >= 11 is 0. The standard InChI is InChI=1S/C19H15N5/c1-12-7-13(2)9-14(8-12)24-16-3-4-20-10-15(16)18-19(24)23-6-5-21-11-17(23)22-18/h3-11H,1-2H3. The molecule has 116 valence electrons. The number of aromatic nitrogens is 5. The van der Waals surface area contributed by atoms with Crippen molar-refractivity contribution in [3.63, 3.8) is 0 Å². The topological polar surface area (TPSA) is 48.0 Å². The van der Waals surface area contributed by atoms with Crippen molar-refractivity contribution in [1.29, 1.82) is 0 Å². The van der Waals surface area contributed by atoms with Crippen molar-refractivity contribution in [3.8, 4) is 5.69 Å². The van der Waals surface area contributed by atoms with E-state index in [9.17, 15) is 0 Å². The van der Waals surface area contributed by atoms with Crippen molar-refractivity contribution in [3.05, 3.63) is 66.4 Å². The minimum Gasteiger partial charge on any atom is -0.293 e. The molecule has 24 heavy (non-hydrogen) atoms. The Hall–Kier alpha value is -3.21. The van der Waals surface area contributed by atoms with Gasteiger partial charge in [-0.3, -0.25) is 18.9 Å². The molecule has 5 aromatic rings. The van der Waals surface area contributed by atoms with E-state index in [1.54, 1.807) is 12.4 Å². The fourth-order valence-electron chi connectivity index (χ4n) is 3.51. The Labute approximate surface area is 138 Å². The van der Waals surface area contributed by atoms with E-state index in [1.165, 1.54) is 11.1 Å². The maximum Gasteiger partial charge on any atom is 0.157 e. The SMILES string of the molecule is Cc1cc(C)cc(-n2c3ccncc3c3nc4cnccn4c32)c1. The molecule has 5 nitrogen and oxygen atoms in total. The Bertz CT molecular complexity index is 1200. The van der Waals surface area contributed by atoms with Crippen LogP contribution in [0.15, 0.2) is 55.2 Å². The van der Waals surface area contributed by atoms with E-state index in [1.807, 2.05) is 24.7 Å². The minimum absolute atomic E-state index is 0.839. The zero-order chi connectivity index (χ0) is 16.3. The molecular weight excluding hydrogens is 298 g/mol. The molecule has 0 N–H and O–H groups in total. The molecular formula is C19H15N5. The second-order valence-electron chi connectivity index (χ2n) is 6.16. The first-order valence-electron chi connectivity index (χ1n) is 7.87. The molecule has 5 heteroatoms. The third kappa shape index (κ3) is 1.72. The molecule has 0 aliphatic rings. The van der Waals surface area contributed by atoms with Crippen molar-refractivity contribution >= 4 is 27.7 Å². The molecule has 0 bridgehead atoms. The van der Waals surface area contributed by atoms with Crippen LogP contribution in [0.2, 0.25) is 0 Å². The van der Waals surface area contributed by atoms with E-state index in [2.05, 4.69) is 51.0 Å². The monoisotopic (exact) mass is 313 g/mol. The van der Waals surface area contributed by atoms with Gasteiger partial charge in [0.15, 0.2) is 11.3 Å². The number of imidazole rings is 1. The van der Waals surface area contributed by atoms with E-state index < -0.39 is 0 Å². The van der Waals surface area contributed by atoms with Crippen LogP contribution in [0.5, 0.6) is 0 Å². The molecule has 0 atom stereocenters. The van der Waals surface area contributed by atoms with Crippen LogP contribution in [-0.4, -0.2) is 23.9 Å². The predicted octanol–water partition coefficient (Wildman–Crippen LogP) is 3.84. The number of hydrogen-bond acceptors (Lipinski definition) is 3. The molecule has 4 aromatic heterocycles. The van der Waals surface area contributed by atoms with E-state index in [0.29, 0.717) is 0 Å². The van der Waals surface area contributed by atoms with Gasteiger partial charge < -0.3 is 0 Å². The second-order valence-corrected chi connectivity index (χ2v) is 6.16. The molecule has 4 heterocycles. The number of pyridine rings is 1. The highest BCUT2D eigenvalue weighted by Crippen LogP contribution is 2.32. The van der Waals surface area contributed by atoms with Gasteiger partial charge in [0, 0.05) is 35.9 Å². The molecule has 1 aromatic carbocycles. The first kappa shape index (κ1) is 13.2. The second kappa shape index (κ2) is 4.64. The Balaban J connectivity index is 2.04. The summed E-state index contributed by atoms with van der Waals surface area (Å²) in [6.45, 7) is 4.25. The first-order valence-corrected chi connectivity index (χ1v) is 7.87. The lowest BCUT2D eigenvalue weighted by Gasteiger charge is -2.10. The van der Waals surface area contributed by atoms with Crippen LogP contribution in [0.1, 0.15) is 11.1 Å². The Morgan fingerprint density at radius 2 is 1.71 bits per heavy atom. The lowest BCUT2D eigenvalue weighted by molar-refractivity contribution is 1.07. The van der Waals surface area contributed by atoms with Gasteiger partial charge in [0.05, 0.1) is 11.7 Å². The largest absolute Gasteiger partial charge is 0.293 e. The third-order valence-corrected chi connectivity index (χ3v) is 4.38. The number of benzene rings is 1. The molecule has 0 radical (unpaired) electrons. The van der Waals surface area contributed by atoms with Gasteiger partial charge >= 0.3 is 0 Å². The zero-order valence-corrected chi connectivity index (χ0v) is 13.4. The van der Waals surface area contributed by atoms with Gasteiger partial charge in [0.2, 0.25) is 0 Å². The number of fused-ring (bicyclic) bond motifs is 5. The fraction of sp³-hybridized carbons (Fsp3) is 0.105. The summed E-state index contributed by atoms with van der Waals surface area (Å²) in [5.41, 5.74) is 7.56. The average Bonchev–Trinajstić information content (AvgIpc) is 3.08. The van der Waals surface area contributed by atoms with E-state index in [-0.39, 0.29) is 0 Å². The van der Waals surface area contributed by atoms with Crippen molar-refractivity contribution < 1.29 is 0 Å². The summed E-state index contributed by atoms with van der Waals surface area (Å²) in [6, 6.07) is 8.63. The highest BCUT2D eigenvalue weighted by molar-refractivity contribution is 6.06. The molecule has 0 amide bonds. The summed E-state index contributed by atoms with van der Waals surface area (Å²) in [5, 5.41) is 1.05. The van der Waals surface area contributed by atoms with Gasteiger partial charge in [-0.1, -0.05) is 6.07 Å². The van der Waals surface area contributed by atoms with Crippen molar-refractivity contribution in [1.82, 2.24) is 23.9 Å². The lowest BCUT2D eigenvalue weighted by atomic mass is 10.1. The molecule has 0 fully saturated rings. The number of rotatable bonds is 1. The van der Waals surface area contributed by atoms with Crippen LogP contribution >= 0.6 is 0 Å². The van der Waals surface area contributed by atoms with Crippen molar-refractivity contribution in [2.75, 3.05) is 0 Å². The highest BCUT2D eigenvalue weighted by atomic mass is 15.2. The van der Waals surface area contributed by atoms with Gasteiger partial charge in [-0.05, 0) is 43.2 Å². The number of aryl methyl sites for hydroxylation is 2. The van der Waals surface area contributed by atoms with Crippen LogP contribution < -0.4 is 0 Å². The van der Waals surface area contributed by atoms with Crippen molar-refractivity contribution in [2.24, 2.45) is 0 Å². The van der Waals surface area contributed by atoms with Crippen molar-refractivity contribution in [2.45, 2.75) is 13.8 Å². The molecule has 0 aliphatic heterocycles. The number of hydrogen-bond donors (Lipinski definition) is 0. The summed E-state index contributed by atoms with van der Waals surface area (Å²) in [5.74, 6) is 0. The van der Waals surface area contributed by atoms with Crippen LogP contribution in [0.25, 0.3) is 33.4 Å². The van der Waals surface area contributed by atoms with Gasteiger partial charge in [-0.2, -0.15) is 0 Å². The van der Waals surface area contributed by atoms with Gasteiger partial charge in [-0.15, -0.1) is 0 Å². The summed E-state index contributed by atoms with van der Waals surface area (Å²) in [4.78, 5) is 13.3. The third-order valence-electron chi connectivity index (χ3n) is 4.38. The maximum atomic E-state index is 4.77. The van der Waals surface area contributed by atoms with Crippen LogP contribution in [-0.2, 0) is 0 Å². The van der Waals surface area contributed by atoms with Gasteiger partial charge in [-0.25, -0.2) is 4.98 Å². The Morgan fingerprint density at radius 3 is 2.54 bits per heavy atom. The highest BCUT2D eigenvalue weighted by Gasteiger charge is 2.18. The van der Waals surface area contributed by atoms with E-state index >= 15 is 0 Å². The zero-order valence-electron chi connectivity index (χ0n) is 13.4. The molecule has 0 unspecified atom stereocenters. The lowest BCUT2D eigenvalue weighted by Crippen LogP contribution is -1.98.